The molecule has 0 aliphatic rings. The molecule has 0 radical (unpaired) electrons. The summed E-state index contributed by atoms with van der Waals surface area (Å²) in [6.45, 7) is 5.89. The lowest BCUT2D eigenvalue weighted by molar-refractivity contribution is 0.0955. The van der Waals surface area contributed by atoms with Crippen LogP contribution in [0.25, 0.3) is 0 Å². The van der Waals surface area contributed by atoms with Crippen LogP contribution in [0.4, 0.5) is 5.69 Å². The number of rotatable bonds is 8. The highest BCUT2D eigenvalue weighted by Gasteiger charge is 2.22. The van der Waals surface area contributed by atoms with E-state index in [2.05, 4.69) is 10.0 Å². The second-order valence-electron chi connectivity index (χ2n) is 7.73. The first-order valence-electron chi connectivity index (χ1n) is 10.3. The predicted molar refractivity (Wildman–Crippen MR) is 127 cm³/mol. The van der Waals surface area contributed by atoms with E-state index in [0.717, 1.165) is 16.9 Å². The van der Waals surface area contributed by atoms with Crippen LogP contribution in [-0.4, -0.2) is 28.0 Å². The number of amides is 1. The predicted octanol–water partition coefficient (Wildman–Crippen LogP) is 4.39. The van der Waals surface area contributed by atoms with Gasteiger partial charge in [0.2, 0.25) is 0 Å². The summed E-state index contributed by atoms with van der Waals surface area (Å²) in [7, 11) is -2.25. The summed E-state index contributed by atoms with van der Waals surface area (Å²) >= 11 is 0. The molecule has 1 amide bonds. The van der Waals surface area contributed by atoms with Crippen molar-refractivity contribution in [2.45, 2.75) is 32.1 Å². The largest absolute Gasteiger partial charge is 0.497 e. The minimum absolute atomic E-state index is 0.234. The zero-order valence-corrected chi connectivity index (χ0v) is 19.5. The maximum atomic E-state index is 13.1. The molecule has 0 heterocycles. The fourth-order valence-corrected chi connectivity index (χ4v) is 5.30. The number of hydrogen-bond donors (Lipinski definition) is 2. The second-order valence-corrected chi connectivity index (χ2v) is 9.35. The van der Waals surface area contributed by atoms with Crippen LogP contribution in [0.2, 0.25) is 0 Å². The molecule has 168 valence electrons. The van der Waals surface area contributed by atoms with E-state index in [1.165, 1.54) is 0 Å². The minimum atomic E-state index is -3.86. The first-order chi connectivity index (χ1) is 15.2. The van der Waals surface area contributed by atoms with Gasteiger partial charge < -0.3 is 10.1 Å². The number of hydrogen-bond acceptors (Lipinski definition) is 4. The van der Waals surface area contributed by atoms with E-state index in [0.29, 0.717) is 24.1 Å². The molecular weight excluding hydrogens is 424 g/mol. The number of aryl methyl sites for hydroxylation is 3. The lowest BCUT2D eigenvalue weighted by atomic mass is 10.1. The van der Waals surface area contributed by atoms with Crippen LogP contribution in [-0.2, 0) is 16.4 Å². The van der Waals surface area contributed by atoms with Gasteiger partial charge in [0.15, 0.2) is 0 Å². The van der Waals surface area contributed by atoms with Gasteiger partial charge in [-0.25, -0.2) is 8.42 Å². The van der Waals surface area contributed by atoms with Gasteiger partial charge in [-0.2, -0.15) is 0 Å². The van der Waals surface area contributed by atoms with Crippen LogP contribution in [0.15, 0.2) is 65.6 Å². The molecule has 3 aromatic rings. The normalized spacial score (nSPS) is 11.1. The summed E-state index contributed by atoms with van der Waals surface area (Å²) in [5.74, 6) is 0.437. The number of benzene rings is 3. The van der Waals surface area contributed by atoms with E-state index in [-0.39, 0.29) is 22.1 Å². The molecule has 0 saturated heterocycles. The van der Waals surface area contributed by atoms with Gasteiger partial charge in [-0.3, -0.25) is 9.52 Å². The van der Waals surface area contributed by atoms with Gasteiger partial charge in [-0.15, -0.1) is 0 Å². The fraction of sp³-hybridized carbons (Fsp3) is 0.240. The van der Waals surface area contributed by atoms with Crippen LogP contribution in [0.1, 0.15) is 32.6 Å². The molecule has 7 heteroatoms. The molecular formula is C25H28N2O4S. The number of methoxy groups -OCH3 is 1. The summed E-state index contributed by atoms with van der Waals surface area (Å²) in [6, 6.07) is 17.9. The van der Waals surface area contributed by atoms with Crippen LogP contribution in [0, 0.1) is 20.8 Å². The van der Waals surface area contributed by atoms with Crippen molar-refractivity contribution in [1.29, 1.82) is 0 Å². The van der Waals surface area contributed by atoms with Crippen molar-refractivity contribution in [3.05, 3.63) is 88.5 Å². The number of sulfonamides is 1. The van der Waals surface area contributed by atoms with E-state index in [1.807, 2.05) is 43.3 Å². The summed E-state index contributed by atoms with van der Waals surface area (Å²) < 4.78 is 34.0. The molecule has 32 heavy (non-hydrogen) atoms. The Morgan fingerprint density at radius 2 is 1.56 bits per heavy atom. The van der Waals surface area contributed by atoms with Crippen molar-refractivity contribution in [3.8, 4) is 5.75 Å². The standard InChI is InChI=1S/C25H28N2O4S/c1-17-15-18(2)24(19(3)16-17)32(29,30)27-23-8-6-5-7-22(23)25(28)26-14-13-20-9-11-21(31-4)12-10-20/h5-12,15-16,27H,13-14H2,1-4H3,(H,26,28). The minimum Gasteiger partial charge on any atom is -0.497 e. The molecule has 0 unspecified atom stereocenters. The second kappa shape index (κ2) is 9.87. The molecule has 0 fully saturated rings. The molecule has 0 spiro atoms. The highest BCUT2D eigenvalue weighted by atomic mass is 32.2. The molecule has 0 atom stereocenters. The third-order valence-electron chi connectivity index (χ3n) is 5.15. The van der Waals surface area contributed by atoms with Gasteiger partial charge >= 0.3 is 0 Å². The Kier molecular flexibility index (Phi) is 7.20. The Morgan fingerprint density at radius 1 is 0.938 bits per heavy atom. The summed E-state index contributed by atoms with van der Waals surface area (Å²) in [6.07, 6.45) is 0.644. The van der Waals surface area contributed by atoms with E-state index >= 15 is 0 Å². The number of nitrogens with one attached hydrogen (secondary N) is 2. The third kappa shape index (κ3) is 5.48. The van der Waals surface area contributed by atoms with Crippen molar-refractivity contribution < 1.29 is 17.9 Å². The smallest absolute Gasteiger partial charge is 0.262 e. The Balaban J connectivity index is 1.74. The van der Waals surface area contributed by atoms with Crippen molar-refractivity contribution in [3.63, 3.8) is 0 Å². The summed E-state index contributed by atoms with van der Waals surface area (Å²) in [5.41, 5.74) is 3.90. The van der Waals surface area contributed by atoms with Crippen molar-refractivity contribution in [1.82, 2.24) is 5.32 Å². The lowest BCUT2D eigenvalue weighted by Crippen LogP contribution is -2.27. The quantitative estimate of drug-likeness (QED) is 0.531. The van der Waals surface area contributed by atoms with Gasteiger partial charge in [0.05, 0.1) is 23.3 Å². The van der Waals surface area contributed by atoms with Gasteiger partial charge in [-0.1, -0.05) is 42.0 Å². The van der Waals surface area contributed by atoms with Crippen LogP contribution >= 0.6 is 0 Å². The molecule has 0 aliphatic carbocycles. The molecule has 0 saturated carbocycles. The first-order valence-corrected chi connectivity index (χ1v) is 11.8. The fourth-order valence-electron chi connectivity index (χ4n) is 3.76. The number of ether oxygens (including phenoxy) is 1. The number of carbonyl (C=O) groups excluding carboxylic acids is 1. The number of anilines is 1. The first kappa shape index (κ1) is 23.3. The Labute approximate surface area is 189 Å². The monoisotopic (exact) mass is 452 g/mol. The topological polar surface area (TPSA) is 84.5 Å². The molecule has 2 N–H and O–H groups in total. The average molecular weight is 453 g/mol. The van der Waals surface area contributed by atoms with Crippen LogP contribution < -0.4 is 14.8 Å². The molecule has 0 bridgehead atoms. The van der Waals surface area contributed by atoms with Crippen molar-refractivity contribution in [2.75, 3.05) is 18.4 Å². The van der Waals surface area contributed by atoms with E-state index in [9.17, 15) is 13.2 Å². The van der Waals surface area contributed by atoms with Crippen molar-refractivity contribution >= 4 is 21.6 Å². The highest BCUT2D eigenvalue weighted by molar-refractivity contribution is 7.92. The highest BCUT2D eigenvalue weighted by Crippen LogP contribution is 2.26. The van der Waals surface area contributed by atoms with Gasteiger partial charge in [-0.05, 0) is 68.1 Å². The molecule has 0 aromatic heterocycles. The lowest BCUT2D eigenvalue weighted by Gasteiger charge is -2.16. The molecule has 3 aromatic carbocycles. The number of carbonyl (C=O) groups is 1. The summed E-state index contributed by atoms with van der Waals surface area (Å²) in [4.78, 5) is 13.0. The maximum Gasteiger partial charge on any atom is 0.262 e. The maximum absolute atomic E-state index is 13.1. The van der Waals surface area contributed by atoms with Crippen LogP contribution in [0.3, 0.4) is 0 Å². The average Bonchev–Trinajstić information content (AvgIpc) is 2.73. The van der Waals surface area contributed by atoms with E-state index < -0.39 is 10.0 Å². The zero-order valence-electron chi connectivity index (χ0n) is 18.7. The Morgan fingerprint density at radius 3 is 2.19 bits per heavy atom. The third-order valence-corrected chi connectivity index (χ3v) is 6.82. The Hall–Kier alpha value is -3.32. The van der Waals surface area contributed by atoms with Gasteiger partial charge in [0.1, 0.15) is 5.75 Å². The van der Waals surface area contributed by atoms with E-state index in [1.54, 1.807) is 45.2 Å². The van der Waals surface area contributed by atoms with Gasteiger partial charge in [0, 0.05) is 6.54 Å². The molecule has 6 nitrogen and oxygen atoms in total. The van der Waals surface area contributed by atoms with E-state index in [4.69, 9.17) is 4.74 Å². The number of para-hydroxylation sites is 1. The molecule has 3 rings (SSSR count). The van der Waals surface area contributed by atoms with Gasteiger partial charge in [0.25, 0.3) is 15.9 Å². The van der Waals surface area contributed by atoms with Crippen LogP contribution in [0.5, 0.6) is 5.75 Å². The zero-order chi connectivity index (χ0) is 23.3. The SMILES string of the molecule is COc1ccc(CCNC(=O)c2ccccc2NS(=O)(=O)c2c(C)cc(C)cc2C)cc1. The molecule has 0 aliphatic heterocycles. The van der Waals surface area contributed by atoms with Crippen molar-refractivity contribution in [2.24, 2.45) is 0 Å². The summed E-state index contributed by atoms with van der Waals surface area (Å²) in [5, 5.41) is 2.87. The Bertz CT molecular complexity index is 1200.